The molecular weight excluding hydrogens is 298 g/mol. The van der Waals surface area contributed by atoms with Crippen molar-refractivity contribution < 1.29 is 0 Å². The van der Waals surface area contributed by atoms with Crippen LogP contribution in [0.3, 0.4) is 0 Å². The molecule has 0 amide bonds. The molecular formula is C19H27N5. The van der Waals surface area contributed by atoms with Crippen LogP contribution in [0.15, 0.2) is 43.1 Å². The highest BCUT2D eigenvalue weighted by Crippen LogP contribution is 2.06. The van der Waals surface area contributed by atoms with Gasteiger partial charge in [0.15, 0.2) is 0 Å². The third-order valence-corrected chi connectivity index (χ3v) is 4.55. The Morgan fingerprint density at radius 2 is 1.92 bits per heavy atom. The molecule has 1 aliphatic rings. The number of aromatic amines is 1. The van der Waals surface area contributed by atoms with Crippen LogP contribution in [-0.4, -0.2) is 64.0 Å². The van der Waals surface area contributed by atoms with Gasteiger partial charge in [-0.15, -0.1) is 0 Å². The topological polar surface area (TPSA) is 48.1 Å². The normalized spacial score (nSPS) is 16.8. The Balaban J connectivity index is 1.27. The molecule has 0 unspecified atom stereocenters. The average Bonchev–Trinajstić information content (AvgIpc) is 3.14. The van der Waals surface area contributed by atoms with E-state index in [2.05, 4.69) is 43.0 Å². The van der Waals surface area contributed by atoms with E-state index in [0.29, 0.717) is 0 Å². The van der Waals surface area contributed by atoms with Crippen LogP contribution < -0.4 is 0 Å². The second-order valence-electron chi connectivity index (χ2n) is 6.36. The molecule has 2 aromatic heterocycles. The maximum atomic E-state index is 4.13. The summed E-state index contributed by atoms with van der Waals surface area (Å²) in [4.78, 5) is 16.5. The summed E-state index contributed by atoms with van der Waals surface area (Å²) in [5.74, 6) is 0. The van der Waals surface area contributed by atoms with E-state index in [-0.39, 0.29) is 0 Å². The van der Waals surface area contributed by atoms with Gasteiger partial charge in [-0.05, 0) is 37.4 Å². The molecule has 1 saturated heterocycles. The molecule has 5 nitrogen and oxygen atoms in total. The molecule has 24 heavy (non-hydrogen) atoms. The maximum Gasteiger partial charge on any atom is 0.0921 e. The fourth-order valence-electron chi connectivity index (χ4n) is 3.08. The first kappa shape index (κ1) is 16.9. The van der Waals surface area contributed by atoms with E-state index in [1.165, 1.54) is 43.7 Å². The molecule has 2 aromatic rings. The SMILES string of the molecule is C(=Cc1cccnc1)CN1CCN(CCCCc2cnc[nH]2)CC1. The van der Waals surface area contributed by atoms with Crippen molar-refractivity contribution in [2.24, 2.45) is 0 Å². The van der Waals surface area contributed by atoms with Crippen LogP contribution in [-0.2, 0) is 6.42 Å². The van der Waals surface area contributed by atoms with Crippen LogP contribution in [0.1, 0.15) is 24.1 Å². The number of pyridine rings is 1. The highest BCUT2D eigenvalue weighted by molar-refractivity contribution is 5.47. The number of hydrogen-bond acceptors (Lipinski definition) is 4. The molecule has 0 atom stereocenters. The Kier molecular flexibility index (Phi) is 6.57. The van der Waals surface area contributed by atoms with Gasteiger partial charge in [-0.2, -0.15) is 0 Å². The first-order chi connectivity index (χ1) is 11.9. The van der Waals surface area contributed by atoms with Crippen LogP contribution in [0.4, 0.5) is 0 Å². The van der Waals surface area contributed by atoms with Gasteiger partial charge in [0, 0.05) is 57.0 Å². The molecule has 1 N–H and O–H groups in total. The summed E-state index contributed by atoms with van der Waals surface area (Å²) in [7, 11) is 0. The van der Waals surface area contributed by atoms with E-state index in [4.69, 9.17) is 0 Å². The summed E-state index contributed by atoms with van der Waals surface area (Å²) in [6.45, 7) is 6.95. The first-order valence-corrected chi connectivity index (χ1v) is 8.89. The number of rotatable bonds is 8. The van der Waals surface area contributed by atoms with Gasteiger partial charge in [-0.3, -0.25) is 9.88 Å². The molecule has 0 aromatic carbocycles. The quantitative estimate of drug-likeness (QED) is 0.758. The van der Waals surface area contributed by atoms with Crippen molar-refractivity contribution >= 4 is 6.08 Å². The molecule has 0 bridgehead atoms. The Bertz CT molecular complexity index is 585. The fourth-order valence-corrected chi connectivity index (χ4v) is 3.08. The number of nitrogens with zero attached hydrogens (tertiary/aromatic N) is 4. The summed E-state index contributed by atoms with van der Waals surface area (Å²) in [5.41, 5.74) is 2.42. The number of H-pyrrole nitrogens is 1. The minimum absolute atomic E-state index is 1.03. The third kappa shape index (κ3) is 5.58. The monoisotopic (exact) mass is 325 g/mol. The molecule has 128 valence electrons. The van der Waals surface area contributed by atoms with Crippen molar-refractivity contribution in [1.82, 2.24) is 24.8 Å². The van der Waals surface area contributed by atoms with E-state index in [0.717, 1.165) is 26.1 Å². The summed E-state index contributed by atoms with van der Waals surface area (Å²) in [6.07, 6.45) is 15.4. The summed E-state index contributed by atoms with van der Waals surface area (Å²) in [6, 6.07) is 4.06. The zero-order valence-corrected chi connectivity index (χ0v) is 14.3. The van der Waals surface area contributed by atoms with Crippen LogP contribution >= 0.6 is 0 Å². The van der Waals surface area contributed by atoms with Crippen molar-refractivity contribution in [2.75, 3.05) is 39.3 Å². The van der Waals surface area contributed by atoms with E-state index >= 15 is 0 Å². The highest BCUT2D eigenvalue weighted by atomic mass is 15.3. The summed E-state index contributed by atoms with van der Waals surface area (Å²) in [5, 5.41) is 0. The van der Waals surface area contributed by atoms with Crippen LogP contribution in [0, 0.1) is 0 Å². The molecule has 1 fully saturated rings. The predicted molar refractivity (Wildman–Crippen MR) is 97.7 cm³/mol. The smallest absolute Gasteiger partial charge is 0.0921 e. The molecule has 0 aliphatic carbocycles. The predicted octanol–water partition coefficient (Wildman–Crippen LogP) is 2.46. The van der Waals surface area contributed by atoms with Crippen molar-refractivity contribution in [2.45, 2.75) is 19.3 Å². The van der Waals surface area contributed by atoms with Crippen molar-refractivity contribution in [3.05, 3.63) is 54.4 Å². The van der Waals surface area contributed by atoms with Gasteiger partial charge in [0.2, 0.25) is 0 Å². The van der Waals surface area contributed by atoms with Gasteiger partial charge in [0.1, 0.15) is 0 Å². The number of hydrogen-bond donors (Lipinski definition) is 1. The molecule has 0 saturated carbocycles. The number of aromatic nitrogens is 3. The van der Waals surface area contributed by atoms with E-state index in [1.807, 2.05) is 24.7 Å². The molecule has 1 aliphatic heterocycles. The molecule has 3 heterocycles. The maximum absolute atomic E-state index is 4.13. The highest BCUT2D eigenvalue weighted by Gasteiger charge is 2.15. The first-order valence-electron chi connectivity index (χ1n) is 8.89. The lowest BCUT2D eigenvalue weighted by atomic mass is 10.2. The van der Waals surface area contributed by atoms with Gasteiger partial charge in [0.05, 0.1) is 6.33 Å². The lowest BCUT2D eigenvalue weighted by Gasteiger charge is -2.34. The standard InChI is InChI=1S/C19H27N5/c1(7-19-16-21-17-22-19)2-9-23-11-13-24(14-12-23)10-4-6-18-5-3-8-20-15-18/h3-6,8,15-17H,1-2,7,9-14H2,(H,21,22). The van der Waals surface area contributed by atoms with Gasteiger partial charge >= 0.3 is 0 Å². The number of piperazine rings is 1. The van der Waals surface area contributed by atoms with Gasteiger partial charge in [-0.25, -0.2) is 4.98 Å². The molecule has 0 radical (unpaired) electrons. The van der Waals surface area contributed by atoms with Crippen molar-refractivity contribution in [3.63, 3.8) is 0 Å². The van der Waals surface area contributed by atoms with Gasteiger partial charge in [-0.1, -0.05) is 18.2 Å². The second-order valence-corrected chi connectivity index (χ2v) is 6.36. The third-order valence-electron chi connectivity index (χ3n) is 4.55. The summed E-state index contributed by atoms with van der Waals surface area (Å²) >= 11 is 0. The molecule has 3 rings (SSSR count). The Labute approximate surface area is 144 Å². The Morgan fingerprint density at radius 3 is 2.67 bits per heavy atom. The Morgan fingerprint density at radius 1 is 1.04 bits per heavy atom. The van der Waals surface area contributed by atoms with Gasteiger partial charge < -0.3 is 9.88 Å². The zero-order chi connectivity index (χ0) is 16.5. The van der Waals surface area contributed by atoms with Crippen LogP contribution in [0.5, 0.6) is 0 Å². The Hall–Kier alpha value is -1.98. The van der Waals surface area contributed by atoms with Crippen molar-refractivity contribution in [3.8, 4) is 0 Å². The lowest BCUT2D eigenvalue weighted by molar-refractivity contribution is 0.141. The number of nitrogens with one attached hydrogen (secondary N) is 1. The minimum Gasteiger partial charge on any atom is -0.348 e. The number of imidazole rings is 1. The second kappa shape index (κ2) is 9.35. The van der Waals surface area contributed by atoms with E-state index < -0.39 is 0 Å². The summed E-state index contributed by atoms with van der Waals surface area (Å²) < 4.78 is 0. The minimum atomic E-state index is 1.03. The largest absolute Gasteiger partial charge is 0.348 e. The van der Waals surface area contributed by atoms with E-state index in [1.54, 1.807) is 6.33 Å². The van der Waals surface area contributed by atoms with Crippen LogP contribution in [0.2, 0.25) is 0 Å². The number of aryl methyl sites for hydroxylation is 1. The number of unbranched alkanes of at least 4 members (excludes halogenated alkanes) is 1. The lowest BCUT2D eigenvalue weighted by Crippen LogP contribution is -2.46. The fraction of sp³-hybridized carbons (Fsp3) is 0.474. The van der Waals surface area contributed by atoms with Crippen LogP contribution in [0.25, 0.3) is 6.08 Å². The molecule has 5 heteroatoms. The van der Waals surface area contributed by atoms with Gasteiger partial charge in [0.25, 0.3) is 0 Å². The average molecular weight is 325 g/mol. The molecule has 0 spiro atoms. The zero-order valence-electron chi connectivity index (χ0n) is 14.3. The van der Waals surface area contributed by atoms with Crippen molar-refractivity contribution in [1.29, 1.82) is 0 Å². The van der Waals surface area contributed by atoms with E-state index in [9.17, 15) is 0 Å².